The molecule has 0 saturated carbocycles. The molecule has 0 unspecified atom stereocenters. The largest absolute Gasteiger partial charge is 0.394 e. The second-order valence-corrected chi connectivity index (χ2v) is 2.49. The van der Waals surface area contributed by atoms with Gasteiger partial charge in [-0.15, -0.1) is 0 Å². The molecular formula is C6H14O3. The SMILES string of the molecule is CC(C)(CO)OCCO. The lowest BCUT2D eigenvalue weighted by molar-refractivity contribution is -0.0641. The van der Waals surface area contributed by atoms with Crippen LogP contribution in [0.3, 0.4) is 0 Å². The molecule has 0 atom stereocenters. The fraction of sp³-hybridized carbons (Fsp3) is 1.00. The van der Waals surface area contributed by atoms with E-state index in [4.69, 9.17) is 14.9 Å². The Balaban J connectivity index is 3.33. The minimum absolute atomic E-state index is 0.00340. The average Bonchev–Trinajstić information content (AvgIpc) is 1.84. The first kappa shape index (κ1) is 8.88. The fourth-order valence-corrected chi connectivity index (χ4v) is 0.368. The van der Waals surface area contributed by atoms with Crippen LogP contribution in [0.25, 0.3) is 0 Å². The number of hydrogen-bond donors (Lipinski definition) is 2. The van der Waals surface area contributed by atoms with Crippen molar-refractivity contribution < 1.29 is 14.9 Å². The summed E-state index contributed by atoms with van der Waals surface area (Å²) >= 11 is 0. The standard InChI is InChI=1S/C6H14O3/c1-6(2,5-8)9-4-3-7/h7-8H,3-5H2,1-2H3. The lowest BCUT2D eigenvalue weighted by Gasteiger charge is -2.21. The zero-order chi connectivity index (χ0) is 7.33. The van der Waals surface area contributed by atoms with Gasteiger partial charge in [-0.3, -0.25) is 0 Å². The molecule has 0 aromatic carbocycles. The molecule has 0 spiro atoms. The van der Waals surface area contributed by atoms with Crippen molar-refractivity contribution in [1.29, 1.82) is 0 Å². The normalized spacial score (nSPS) is 12.0. The molecule has 0 saturated heterocycles. The predicted molar refractivity (Wildman–Crippen MR) is 34.2 cm³/mol. The van der Waals surface area contributed by atoms with E-state index in [-0.39, 0.29) is 19.8 Å². The maximum absolute atomic E-state index is 8.61. The summed E-state index contributed by atoms with van der Waals surface area (Å²) in [6.07, 6.45) is 0. The number of aliphatic hydroxyl groups is 2. The maximum Gasteiger partial charge on any atom is 0.0857 e. The molecule has 0 aliphatic heterocycles. The quantitative estimate of drug-likeness (QED) is 0.558. The molecule has 2 N–H and O–H groups in total. The third kappa shape index (κ3) is 4.39. The highest BCUT2D eigenvalue weighted by molar-refractivity contribution is 4.64. The van der Waals surface area contributed by atoms with Crippen molar-refractivity contribution in [3.05, 3.63) is 0 Å². The van der Waals surface area contributed by atoms with Gasteiger partial charge in [0.05, 0.1) is 25.4 Å². The van der Waals surface area contributed by atoms with Crippen LogP contribution in [0.5, 0.6) is 0 Å². The van der Waals surface area contributed by atoms with E-state index in [1.54, 1.807) is 13.8 Å². The van der Waals surface area contributed by atoms with Crippen LogP contribution in [0.4, 0.5) is 0 Å². The van der Waals surface area contributed by atoms with Crippen LogP contribution < -0.4 is 0 Å². The summed E-state index contributed by atoms with van der Waals surface area (Å²) in [5.41, 5.74) is -0.511. The summed E-state index contributed by atoms with van der Waals surface area (Å²) in [4.78, 5) is 0. The second kappa shape index (κ2) is 3.82. The van der Waals surface area contributed by atoms with Crippen LogP contribution in [0.15, 0.2) is 0 Å². The van der Waals surface area contributed by atoms with Crippen LogP contribution in [0.2, 0.25) is 0 Å². The molecule has 0 aromatic heterocycles. The Bertz CT molecular complexity index is 70.7. The summed E-state index contributed by atoms with van der Waals surface area (Å²) in [5, 5.41) is 16.9. The molecule has 0 aliphatic rings. The monoisotopic (exact) mass is 134 g/mol. The lowest BCUT2D eigenvalue weighted by Crippen LogP contribution is -2.30. The molecule has 56 valence electrons. The third-order valence-corrected chi connectivity index (χ3v) is 0.965. The van der Waals surface area contributed by atoms with E-state index in [0.717, 1.165) is 0 Å². The smallest absolute Gasteiger partial charge is 0.0857 e. The van der Waals surface area contributed by atoms with E-state index in [2.05, 4.69) is 0 Å². The Labute approximate surface area is 55.3 Å². The molecule has 3 nitrogen and oxygen atoms in total. The van der Waals surface area contributed by atoms with Gasteiger partial charge in [-0.2, -0.15) is 0 Å². The maximum atomic E-state index is 8.61. The summed E-state index contributed by atoms with van der Waals surface area (Å²) in [6, 6.07) is 0. The molecule has 0 heterocycles. The Kier molecular flexibility index (Phi) is 3.77. The van der Waals surface area contributed by atoms with Crippen molar-refractivity contribution in [3.63, 3.8) is 0 Å². The Morgan fingerprint density at radius 3 is 2.22 bits per heavy atom. The van der Waals surface area contributed by atoms with Gasteiger partial charge in [0, 0.05) is 0 Å². The zero-order valence-electron chi connectivity index (χ0n) is 5.92. The first-order valence-corrected chi connectivity index (χ1v) is 2.98. The fourth-order valence-electron chi connectivity index (χ4n) is 0.368. The molecule has 0 fully saturated rings. The Hall–Kier alpha value is -0.120. The number of aliphatic hydroxyl groups excluding tert-OH is 2. The summed E-state index contributed by atoms with van der Waals surface area (Å²) in [7, 11) is 0. The molecule has 9 heavy (non-hydrogen) atoms. The molecule has 0 aliphatic carbocycles. The van der Waals surface area contributed by atoms with Crippen molar-refractivity contribution in [1.82, 2.24) is 0 Å². The van der Waals surface area contributed by atoms with Crippen LogP contribution in [-0.2, 0) is 4.74 Å². The third-order valence-electron chi connectivity index (χ3n) is 0.965. The molecule has 0 radical (unpaired) electrons. The van der Waals surface area contributed by atoms with Crippen LogP contribution in [0.1, 0.15) is 13.8 Å². The average molecular weight is 134 g/mol. The van der Waals surface area contributed by atoms with Gasteiger partial charge in [0.2, 0.25) is 0 Å². The minimum Gasteiger partial charge on any atom is -0.394 e. The molecule has 0 aromatic rings. The second-order valence-electron chi connectivity index (χ2n) is 2.49. The molecule has 3 heteroatoms. The topological polar surface area (TPSA) is 49.7 Å². The van der Waals surface area contributed by atoms with E-state index < -0.39 is 5.60 Å². The van der Waals surface area contributed by atoms with Crippen LogP contribution in [-0.4, -0.2) is 35.6 Å². The van der Waals surface area contributed by atoms with Gasteiger partial charge >= 0.3 is 0 Å². The van der Waals surface area contributed by atoms with E-state index in [1.165, 1.54) is 0 Å². The van der Waals surface area contributed by atoms with Crippen LogP contribution >= 0.6 is 0 Å². The summed E-state index contributed by atoms with van der Waals surface area (Å²) in [6.45, 7) is 3.80. The number of ether oxygens (including phenoxy) is 1. The highest BCUT2D eigenvalue weighted by atomic mass is 16.5. The molecule has 0 amide bonds. The van der Waals surface area contributed by atoms with Crippen molar-refractivity contribution in [2.75, 3.05) is 19.8 Å². The zero-order valence-corrected chi connectivity index (χ0v) is 5.92. The van der Waals surface area contributed by atoms with Gasteiger partial charge < -0.3 is 14.9 Å². The van der Waals surface area contributed by atoms with E-state index in [0.29, 0.717) is 0 Å². The summed E-state index contributed by atoms with van der Waals surface area (Å²) < 4.78 is 5.03. The van der Waals surface area contributed by atoms with E-state index in [1.807, 2.05) is 0 Å². The Morgan fingerprint density at radius 2 is 1.89 bits per heavy atom. The van der Waals surface area contributed by atoms with Gasteiger partial charge in [-0.05, 0) is 13.8 Å². The number of rotatable bonds is 4. The number of hydrogen-bond acceptors (Lipinski definition) is 3. The lowest BCUT2D eigenvalue weighted by atomic mass is 10.1. The van der Waals surface area contributed by atoms with Crippen molar-refractivity contribution in [2.24, 2.45) is 0 Å². The van der Waals surface area contributed by atoms with E-state index in [9.17, 15) is 0 Å². The molecule has 0 bridgehead atoms. The van der Waals surface area contributed by atoms with Crippen molar-refractivity contribution in [3.8, 4) is 0 Å². The van der Waals surface area contributed by atoms with Gasteiger partial charge in [0.15, 0.2) is 0 Å². The summed E-state index contributed by atoms with van der Waals surface area (Å²) in [5.74, 6) is 0. The predicted octanol–water partition coefficient (Wildman–Crippen LogP) is -0.234. The molecular weight excluding hydrogens is 120 g/mol. The minimum atomic E-state index is -0.511. The van der Waals surface area contributed by atoms with Crippen LogP contribution in [0, 0.1) is 0 Å². The first-order chi connectivity index (χ1) is 4.12. The van der Waals surface area contributed by atoms with Crippen molar-refractivity contribution in [2.45, 2.75) is 19.4 Å². The molecule has 0 rings (SSSR count). The highest BCUT2D eigenvalue weighted by Gasteiger charge is 2.15. The van der Waals surface area contributed by atoms with Gasteiger partial charge in [0.1, 0.15) is 0 Å². The van der Waals surface area contributed by atoms with Crippen molar-refractivity contribution >= 4 is 0 Å². The van der Waals surface area contributed by atoms with E-state index >= 15 is 0 Å². The van der Waals surface area contributed by atoms with Gasteiger partial charge in [-0.25, -0.2) is 0 Å². The van der Waals surface area contributed by atoms with Gasteiger partial charge in [-0.1, -0.05) is 0 Å². The first-order valence-electron chi connectivity index (χ1n) is 2.98. The van der Waals surface area contributed by atoms with Gasteiger partial charge in [0.25, 0.3) is 0 Å². The Morgan fingerprint density at radius 1 is 1.33 bits per heavy atom. The highest BCUT2D eigenvalue weighted by Crippen LogP contribution is 2.05.